The molecule has 4 heteroatoms. The molecule has 1 unspecified atom stereocenters. The van der Waals surface area contributed by atoms with Gasteiger partial charge in [0.2, 0.25) is 0 Å². The van der Waals surface area contributed by atoms with E-state index in [1.807, 2.05) is 11.3 Å². The lowest BCUT2D eigenvalue weighted by molar-refractivity contribution is 0.162. The Balaban J connectivity index is 1.70. The van der Waals surface area contributed by atoms with Gasteiger partial charge in [-0.1, -0.05) is 12.2 Å². The Morgan fingerprint density at radius 2 is 2.39 bits per heavy atom. The number of hydrogen-bond acceptors (Lipinski definition) is 3. The predicted molar refractivity (Wildman–Crippen MR) is 81.1 cm³/mol. The van der Waals surface area contributed by atoms with Gasteiger partial charge >= 0.3 is 0 Å². The van der Waals surface area contributed by atoms with Crippen molar-refractivity contribution in [3.8, 4) is 0 Å². The fourth-order valence-corrected chi connectivity index (χ4v) is 4.41. The van der Waals surface area contributed by atoms with E-state index in [-0.39, 0.29) is 0 Å². The molecule has 0 spiro atoms. The maximum atomic E-state index is 5.73. The van der Waals surface area contributed by atoms with Gasteiger partial charge in [-0.2, -0.15) is 0 Å². The van der Waals surface area contributed by atoms with E-state index in [4.69, 9.17) is 18.0 Å². The van der Waals surface area contributed by atoms with Crippen molar-refractivity contribution in [1.29, 1.82) is 0 Å². The number of thiocarbonyl (C=S) groups is 1. The van der Waals surface area contributed by atoms with Crippen LogP contribution in [0.15, 0.2) is 11.4 Å². The minimum Gasteiger partial charge on any atom is -0.393 e. The molecule has 98 valence electrons. The summed E-state index contributed by atoms with van der Waals surface area (Å²) in [5, 5.41) is 2.23. The molecule has 1 aliphatic heterocycles. The van der Waals surface area contributed by atoms with Crippen molar-refractivity contribution < 1.29 is 0 Å². The summed E-state index contributed by atoms with van der Waals surface area (Å²) >= 11 is 7.00. The Bertz CT molecular complexity index is 462. The van der Waals surface area contributed by atoms with Crippen LogP contribution in [0.3, 0.4) is 0 Å². The molecule has 1 atom stereocenters. The number of nitrogens with two attached hydrogens (primary N) is 1. The largest absolute Gasteiger partial charge is 0.393 e. The lowest BCUT2D eigenvalue weighted by Crippen LogP contribution is -2.38. The average molecular weight is 280 g/mol. The van der Waals surface area contributed by atoms with Gasteiger partial charge < -0.3 is 5.73 Å². The Labute approximate surface area is 118 Å². The zero-order valence-electron chi connectivity index (χ0n) is 10.8. The van der Waals surface area contributed by atoms with Crippen molar-refractivity contribution in [2.24, 2.45) is 11.1 Å². The summed E-state index contributed by atoms with van der Waals surface area (Å²) in [6.45, 7) is 4.69. The lowest BCUT2D eigenvalue weighted by atomic mass is 9.96. The SMILES string of the molecule is CC1c2ccsc2CCN1CC1(CC(N)=S)CC1. The second-order valence-electron chi connectivity index (χ2n) is 5.84. The first kappa shape index (κ1) is 12.6. The van der Waals surface area contributed by atoms with Crippen LogP contribution in [0.4, 0.5) is 0 Å². The molecule has 1 saturated carbocycles. The molecule has 1 fully saturated rings. The van der Waals surface area contributed by atoms with Crippen LogP contribution < -0.4 is 5.73 Å². The third kappa shape index (κ3) is 2.33. The van der Waals surface area contributed by atoms with Gasteiger partial charge in [0.05, 0.1) is 4.99 Å². The highest BCUT2D eigenvalue weighted by Crippen LogP contribution is 2.50. The third-order valence-electron chi connectivity index (χ3n) is 4.45. The summed E-state index contributed by atoms with van der Waals surface area (Å²) in [6, 6.07) is 2.85. The van der Waals surface area contributed by atoms with Crippen molar-refractivity contribution in [1.82, 2.24) is 4.90 Å². The second kappa shape index (κ2) is 4.58. The standard InChI is InChI=1S/C14H20N2S2/c1-10-11-3-7-18-12(11)2-6-16(10)9-14(4-5-14)8-13(15)17/h3,7,10H,2,4-6,8-9H2,1H3,(H2,15,17). The van der Waals surface area contributed by atoms with Gasteiger partial charge in [-0.05, 0) is 48.6 Å². The highest BCUT2D eigenvalue weighted by molar-refractivity contribution is 7.80. The van der Waals surface area contributed by atoms with Gasteiger partial charge in [0.15, 0.2) is 0 Å². The molecule has 18 heavy (non-hydrogen) atoms. The van der Waals surface area contributed by atoms with Gasteiger partial charge in [-0.3, -0.25) is 4.90 Å². The van der Waals surface area contributed by atoms with Gasteiger partial charge in [0.25, 0.3) is 0 Å². The average Bonchev–Trinajstić information content (AvgIpc) is 2.89. The van der Waals surface area contributed by atoms with Crippen molar-refractivity contribution in [3.63, 3.8) is 0 Å². The maximum Gasteiger partial charge on any atom is 0.0733 e. The molecule has 2 N–H and O–H groups in total. The molecule has 3 rings (SSSR count). The zero-order valence-corrected chi connectivity index (χ0v) is 12.4. The van der Waals surface area contributed by atoms with E-state index < -0.39 is 0 Å². The van der Waals surface area contributed by atoms with E-state index in [1.54, 1.807) is 4.88 Å². The first-order valence-corrected chi connectivity index (χ1v) is 7.97. The zero-order chi connectivity index (χ0) is 12.8. The molecule has 1 aliphatic carbocycles. The first-order valence-electron chi connectivity index (χ1n) is 6.68. The summed E-state index contributed by atoms with van der Waals surface area (Å²) in [6.07, 6.45) is 4.73. The molecular formula is C14H20N2S2. The van der Waals surface area contributed by atoms with Crippen molar-refractivity contribution >= 4 is 28.5 Å². The van der Waals surface area contributed by atoms with E-state index in [1.165, 1.54) is 37.9 Å². The van der Waals surface area contributed by atoms with Gasteiger partial charge in [-0.25, -0.2) is 0 Å². The quantitative estimate of drug-likeness (QED) is 0.859. The molecule has 2 nitrogen and oxygen atoms in total. The summed E-state index contributed by atoms with van der Waals surface area (Å²) in [5.41, 5.74) is 7.68. The normalized spacial score (nSPS) is 25.7. The molecule has 0 bridgehead atoms. The van der Waals surface area contributed by atoms with E-state index >= 15 is 0 Å². The Kier molecular flexibility index (Phi) is 3.20. The van der Waals surface area contributed by atoms with E-state index in [2.05, 4.69) is 23.3 Å². The number of fused-ring (bicyclic) bond motifs is 1. The Morgan fingerprint density at radius 1 is 1.61 bits per heavy atom. The van der Waals surface area contributed by atoms with E-state index in [9.17, 15) is 0 Å². The smallest absolute Gasteiger partial charge is 0.0733 e. The molecule has 1 aromatic rings. The molecule has 0 aromatic carbocycles. The molecule has 2 aliphatic rings. The summed E-state index contributed by atoms with van der Waals surface area (Å²) in [4.78, 5) is 4.90. The summed E-state index contributed by atoms with van der Waals surface area (Å²) < 4.78 is 0. The maximum absolute atomic E-state index is 5.73. The van der Waals surface area contributed by atoms with Crippen LogP contribution in [0.25, 0.3) is 0 Å². The van der Waals surface area contributed by atoms with Crippen LogP contribution in [-0.4, -0.2) is 23.0 Å². The van der Waals surface area contributed by atoms with Crippen LogP contribution in [0.2, 0.25) is 0 Å². The molecule has 2 heterocycles. The predicted octanol–water partition coefficient (Wildman–Crippen LogP) is 3.12. The Hall–Kier alpha value is -0.450. The fraction of sp³-hybridized carbons (Fsp3) is 0.643. The first-order chi connectivity index (χ1) is 8.60. The van der Waals surface area contributed by atoms with Gasteiger partial charge in [0, 0.05) is 30.4 Å². The Morgan fingerprint density at radius 3 is 3.06 bits per heavy atom. The lowest BCUT2D eigenvalue weighted by Gasteiger charge is -2.36. The van der Waals surface area contributed by atoms with Crippen molar-refractivity contribution in [2.45, 2.75) is 38.6 Å². The summed E-state index contributed by atoms with van der Waals surface area (Å²) in [7, 11) is 0. The van der Waals surface area contributed by atoms with Gasteiger partial charge in [-0.15, -0.1) is 11.3 Å². The number of thiophene rings is 1. The highest BCUT2D eigenvalue weighted by Gasteiger charge is 2.45. The van der Waals surface area contributed by atoms with Crippen LogP contribution in [0.5, 0.6) is 0 Å². The molecule has 0 radical (unpaired) electrons. The number of rotatable bonds is 4. The monoisotopic (exact) mass is 280 g/mol. The van der Waals surface area contributed by atoms with Crippen molar-refractivity contribution in [3.05, 3.63) is 21.9 Å². The molecule has 0 saturated heterocycles. The van der Waals surface area contributed by atoms with Gasteiger partial charge in [0.1, 0.15) is 0 Å². The number of nitrogens with zero attached hydrogens (tertiary/aromatic N) is 1. The van der Waals surface area contributed by atoms with E-state index in [0.717, 1.165) is 6.42 Å². The minimum atomic E-state index is 0.410. The van der Waals surface area contributed by atoms with E-state index in [0.29, 0.717) is 16.4 Å². The highest BCUT2D eigenvalue weighted by atomic mass is 32.1. The van der Waals surface area contributed by atoms with Crippen LogP contribution >= 0.6 is 23.6 Å². The minimum absolute atomic E-state index is 0.410. The fourth-order valence-electron chi connectivity index (χ4n) is 3.15. The molecular weight excluding hydrogens is 260 g/mol. The van der Waals surface area contributed by atoms with Crippen molar-refractivity contribution in [2.75, 3.05) is 13.1 Å². The third-order valence-corrected chi connectivity index (χ3v) is 5.59. The van der Waals surface area contributed by atoms with Crippen LogP contribution in [0, 0.1) is 5.41 Å². The summed E-state index contributed by atoms with van der Waals surface area (Å²) in [5.74, 6) is 0. The molecule has 0 amide bonds. The van der Waals surface area contributed by atoms with Crippen LogP contribution in [0.1, 0.15) is 42.7 Å². The number of hydrogen-bond donors (Lipinski definition) is 1. The second-order valence-corrected chi connectivity index (χ2v) is 7.36. The topological polar surface area (TPSA) is 29.3 Å². The van der Waals surface area contributed by atoms with Crippen LogP contribution in [-0.2, 0) is 6.42 Å². The molecule has 1 aromatic heterocycles.